The number of nitrogens with one attached hydrogen (secondary N) is 3. The Labute approximate surface area is 147 Å². The number of hydrogen-bond acceptors (Lipinski definition) is 4. The van der Waals surface area contributed by atoms with Gasteiger partial charge in [-0.2, -0.15) is 0 Å². The molecule has 2 aromatic rings. The number of carbonyl (C=O) groups excluding carboxylic acids is 1. The zero-order valence-electron chi connectivity index (χ0n) is 14.2. The van der Waals surface area contributed by atoms with Crippen LogP contribution in [0.25, 0.3) is 0 Å². The number of benzene rings is 1. The van der Waals surface area contributed by atoms with Gasteiger partial charge in [0.25, 0.3) is 0 Å². The number of sulfonamides is 1. The average Bonchev–Trinajstić information content (AvgIpc) is 2.54. The molecule has 2 rings (SSSR count). The van der Waals surface area contributed by atoms with Gasteiger partial charge in [-0.25, -0.2) is 13.2 Å². The Bertz CT molecular complexity index is 837. The number of anilines is 2. The third-order valence-electron chi connectivity index (χ3n) is 3.40. The fourth-order valence-electron chi connectivity index (χ4n) is 2.20. The van der Waals surface area contributed by atoms with E-state index in [0.29, 0.717) is 24.3 Å². The molecule has 1 heterocycles. The summed E-state index contributed by atoms with van der Waals surface area (Å²) in [5.41, 5.74) is 2.69. The molecule has 0 aliphatic rings. The van der Waals surface area contributed by atoms with Crippen LogP contribution in [0.5, 0.6) is 0 Å². The topological polar surface area (TPSA) is 100 Å². The minimum absolute atomic E-state index is 0.0502. The molecule has 0 saturated heterocycles. The Morgan fingerprint density at radius 1 is 1.16 bits per heavy atom. The smallest absolute Gasteiger partial charge is 0.319 e. The normalized spacial score (nSPS) is 11.0. The highest BCUT2D eigenvalue weighted by atomic mass is 32.2. The van der Waals surface area contributed by atoms with E-state index in [4.69, 9.17) is 0 Å². The summed E-state index contributed by atoms with van der Waals surface area (Å²) in [7, 11) is -3.37. The summed E-state index contributed by atoms with van der Waals surface area (Å²) in [5, 5.41) is 5.40. The zero-order chi connectivity index (χ0) is 18.3. The number of rotatable bonds is 7. The Morgan fingerprint density at radius 2 is 1.92 bits per heavy atom. The van der Waals surface area contributed by atoms with Crippen molar-refractivity contribution >= 4 is 27.4 Å². The van der Waals surface area contributed by atoms with Gasteiger partial charge in [-0.1, -0.05) is 19.1 Å². The molecule has 2 amide bonds. The first-order valence-corrected chi connectivity index (χ1v) is 9.61. The summed E-state index contributed by atoms with van der Waals surface area (Å²) in [4.78, 5) is 16.2. The van der Waals surface area contributed by atoms with Crippen LogP contribution in [0.4, 0.5) is 16.2 Å². The van der Waals surface area contributed by atoms with Gasteiger partial charge in [0.15, 0.2) is 0 Å². The Balaban J connectivity index is 1.95. The first-order chi connectivity index (χ1) is 11.9. The molecular weight excluding hydrogens is 340 g/mol. The van der Waals surface area contributed by atoms with Crippen molar-refractivity contribution in [2.24, 2.45) is 0 Å². The quantitative estimate of drug-likeness (QED) is 0.705. The molecule has 0 aliphatic carbocycles. The average molecular weight is 362 g/mol. The van der Waals surface area contributed by atoms with Crippen LogP contribution < -0.4 is 15.4 Å². The minimum atomic E-state index is -3.37. The molecule has 0 aliphatic heterocycles. The molecule has 0 bridgehead atoms. The van der Waals surface area contributed by atoms with E-state index in [-0.39, 0.29) is 5.75 Å². The van der Waals surface area contributed by atoms with Gasteiger partial charge >= 0.3 is 6.03 Å². The van der Waals surface area contributed by atoms with Gasteiger partial charge in [-0.15, -0.1) is 0 Å². The van der Waals surface area contributed by atoms with E-state index >= 15 is 0 Å². The number of amides is 2. The van der Waals surface area contributed by atoms with Crippen LogP contribution in [-0.4, -0.2) is 25.2 Å². The molecule has 3 N–H and O–H groups in total. The van der Waals surface area contributed by atoms with Crippen molar-refractivity contribution in [2.75, 3.05) is 15.8 Å². The summed E-state index contributed by atoms with van der Waals surface area (Å²) >= 11 is 0. The second-order valence-electron chi connectivity index (χ2n) is 5.58. The molecule has 8 heteroatoms. The van der Waals surface area contributed by atoms with Crippen molar-refractivity contribution < 1.29 is 13.2 Å². The summed E-state index contributed by atoms with van der Waals surface area (Å²) < 4.78 is 26.1. The predicted molar refractivity (Wildman–Crippen MR) is 99.0 cm³/mol. The van der Waals surface area contributed by atoms with E-state index in [1.807, 2.05) is 19.1 Å². The molecule has 25 heavy (non-hydrogen) atoms. The van der Waals surface area contributed by atoms with E-state index in [1.165, 1.54) is 0 Å². The SMILES string of the molecule is CCCS(=O)(=O)Nc1cccc(NC(=O)NCc2ncccc2C)c1. The molecule has 0 unspecified atom stereocenters. The lowest BCUT2D eigenvalue weighted by Crippen LogP contribution is -2.28. The minimum Gasteiger partial charge on any atom is -0.332 e. The number of carbonyl (C=O) groups is 1. The molecule has 1 aromatic heterocycles. The summed E-state index contributed by atoms with van der Waals surface area (Å²) in [6.45, 7) is 4.03. The van der Waals surface area contributed by atoms with Crippen molar-refractivity contribution in [3.63, 3.8) is 0 Å². The maximum Gasteiger partial charge on any atom is 0.319 e. The Morgan fingerprint density at radius 3 is 2.64 bits per heavy atom. The summed E-state index contributed by atoms with van der Waals surface area (Å²) in [6.07, 6.45) is 2.20. The number of pyridine rings is 1. The van der Waals surface area contributed by atoms with Gasteiger partial charge in [-0.05, 0) is 43.2 Å². The molecule has 1 aromatic carbocycles. The van der Waals surface area contributed by atoms with E-state index in [0.717, 1.165) is 11.3 Å². The standard InChI is InChI=1S/C17H22N4O3S/c1-3-10-25(23,24)21-15-8-4-7-14(11-15)20-17(22)19-12-16-13(2)6-5-9-18-16/h4-9,11,21H,3,10,12H2,1-2H3,(H2,19,20,22). The summed E-state index contributed by atoms with van der Waals surface area (Å²) in [6, 6.07) is 9.92. The molecule has 7 nitrogen and oxygen atoms in total. The van der Waals surface area contributed by atoms with Gasteiger partial charge < -0.3 is 10.6 Å². The van der Waals surface area contributed by atoms with Crippen LogP contribution in [0.15, 0.2) is 42.6 Å². The van der Waals surface area contributed by atoms with E-state index in [9.17, 15) is 13.2 Å². The molecule has 0 fully saturated rings. The predicted octanol–water partition coefficient (Wildman–Crippen LogP) is 2.86. The van der Waals surface area contributed by atoms with Crippen molar-refractivity contribution in [3.05, 3.63) is 53.9 Å². The number of aryl methyl sites for hydroxylation is 1. The highest BCUT2D eigenvalue weighted by Crippen LogP contribution is 2.16. The molecular formula is C17H22N4O3S. The van der Waals surface area contributed by atoms with Gasteiger partial charge in [0.1, 0.15) is 0 Å². The highest BCUT2D eigenvalue weighted by Gasteiger charge is 2.10. The molecule has 0 radical (unpaired) electrons. The second-order valence-corrected chi connectivity index (χ2v) is 7.42. The largest absolute Gasteiger partial charge is 0.332 e. The maximum absolute atomic E-state index is 12.0. The van der Waals surface area contributed by atoms with Gasteiger partial charge in [0.2, 0.25) is 10.0 Å². The molecule has 0 spiro atoms. The van der Waals surface area contributed by atoms with Crippen molar-refractivity contribution in [1.82, 2.24) is 10.3 Å². The monoisotopic (exact) mass is 362 g/mol. The van der Waals surface area contributed by atoms with Crippen LogP contribution in [-0.2, 0) is 16.6 Å². The van der Waals surface area contributed by atoms with Crippen LogP contribution in [0.2, 0.25) is 0 Å². The number of hydrogen-bond donors (Lipinski definition) is 3. The van der Waals surface area contributed by atoms with Crippen LogP contribution in [0, 0.1) is 6.92 Å². The fraction of sp³-hybridized carbons (Fsp3) is 0.294. The van der Waals surface area contributed by atoms with E-state index < -0.39 is 16.1 Å². The van der Waals surface area contributed by atoms with Crippen molar-refractivity contribution in [3.8, 4) is 0 Å². The third kappa shape index (κ3) is 6.07. The van der Waals surface area contributed by atoms with Crippen molar-refractivity contribution in [2.45, 2.75) is 26.8 Å². The lowest BCUT2D eigenvalue weighted by molar-refractivity contribution is 0.251. The molecule has 0 saturated carbocycles. The first-order valence-electron chi connectivity index (χ1n) is 7.95. The molecule has 0 atom stereocenters. The maximum atomic E-state index is 12.0. The van der Waals surface area contributed by atoms with Crippen LogP contribution in [0.3, 0.4) is 0 Å². The zero-order valence-corrected chi connectivity index (χ0v) is 15.1. The summed E-state index contributed by atoms with van der Waals surface area (Å²) in [5.74, 6) is 0.0502. The fourth-order valence-corrected chi connectivity index (χ4v) is 3.33. The van der Waals surface area contributed by atoms with E-state index in [2.05, 4.69) is 20.3 Å². The Kier molecular flexibility index (Phi) is 6.35. The Hall–Kier alpha value is -2.61. The second kappa shape index (κ2) is 8.48. The third-order valence-corrected chi connectivity index (χ3v) is 4.89. The molecule has 134 valence electrons. The lowest BCUT2D eigenvalue weighted by Gasteiger charge is -2.11. The van der Waals surface area contributed by atoms with Crippen LogP contribution in [0.1, 0.15) is 24.6 Å². The van der Waals surface area contributed by atoms with E-state index in [1.54, 1.807) is 37.4 Å². The van der Waals surface area contributed by atoms with Gasteiger partial charge in [-0.3, -0.25) is 9.71 Å². The van der Waals surface area contributed by atoms with Crippen LogP contribution >= 0.6 is 0 Å². The lowest BCUT2D eigenvalue weighted by atomic mass is 10.2. The van der Waals surface area contributed by atoms with Gasteiger partial charge in [0, 0.05) is 11.9 Å². The number of aromatic nitrogens is 1. The number of nitrogens with zero attached hydrogens (tertiary/aromatic N) is 1. The number of urea groups is 1. The highest BCUT2D eigenvalue weighted by molar-refractivity contribution is 7.92. The first kappa shape index (κ1) is 18.7. The van der Waals surface area contributed by atoms with Gasteiger partial charge in [0.05, 0.1) is 23.7 Å². The van der Waals surface area contributed by atoms with Crippen molar-refractivity contribution in [1.29, 1.82) is 0 Å².